The Balaban J connectivity index is 2.21. The topological polar surface area (TPSA) is 17.1 Å². The highest BCUT2D eigenvalue weighted by atomic mass is 19.1. The third kappa shape index (κ3) is 2.77. The Labute approximate surface area is 102 Å². The van der Waals surface area contributed by atoms with Crippen LogP contribution in [0.4, 0.5) is 13.2 Å². The summed E-state index contributed by atoms with van der Waals surface area (Å²) in [6, 6.07) is 8.02. The molecule has 2 rings (SSSR count). The molecule has 4 heteroatoms. The monoisotopic (exact) mass is 250 g/mol. The van der Waals surface area contributed by atoms with Crippen molar-refractivity contribution < 1.29 is 18.0 Å². The molecule has 0 saturated carbocycles. The van der Waals surface area contributed by atoms with Crippen LogP contribution in [-0.4, -0.2) is 5.78 Å². The van der Waals surface area contributed by atoms with Gasteiger partial charge < -0.3 is 0 Å². The average Bonchev–Trinajstić information content (AvgIpc) is 2.35. The van der Waals surface area contributed by atoms with E-state index in [4.69, 9.17) is 0 Å². The normalized spacial score (nSPS) is 10.4. The van der Waals surface area contributed by atoms with Crippen LogP contribution in [0.15, 0.2) is 42.5 Å². The molecule has 0 atom stereocenters. The number of benzene rings is 2. The van der Waals surface area contributed by atoms with Crippen molar-refractivity contribution in [1.29, 1.82) is 0 Å². The molecule has 0 unspecified atom stereocenters. The van der Waals surface area contributed by atoms with Gasteiger partial charge in [-0.2, -0.15) is 0 Å². The first kappa shape index (κ1) is 12.4. The number of halogens is 3. The van der Waals surface area contributed by atoms with Gasteiger partial charge in [0.05, 0.1) is 5.56 Å². The van der Waals surface area contributed by atoms with E-state index in [1.807, 2.05) is 0 Å². The van der Waals surface area contributed by atoms with Crippen LogP contribution in [-0.2, 0) is 6.42 Å². The molecular formula is C14H9F3O. The Bertz CT molecular complexity index is 576. The van der Waals surface area contributed by atoms with E-state index in [0.29, 0.717) is 5.56 Å². The van der Waals surface area contributed by atoms with Gasteiger partial charge in [-0.1, -0.05) is 12.1 Å². The SMILES string of the molecule is O=C(Cc1ccc(F)cc1)c1cc(F)ccc1F. The van der Waals surface area contributed by atoms with Crippen molar-refractivity contribution in [3.63, 3.8) is 0 Å². The first-order chi connectivity index (χ1) is 8.56. The summed E-state index contributed by atoms with van der Waals surface area (Å²) in [5.41, 5.74) is 0.254. The third-order valence-corrected chi connectivity index (χ3v) is 2.51. The summed E-state index contributed by atoms with van der Waals surface area (Å²) in [4.78, 5) is 11.8. The maximum atomic E-state index is 13.3. The summed E-state index contributed by atoms with van der Waals surface area (Å²) < 4.78 is 38.9. The van der Waals surface area contributed by atoms with Gasteiger partial charge in [0.2, 0.25) is 0 Å². The molecule has 0 saturated heterocycles. The molecule has 2 aromatic rings. The second-order valence-electron chi connectivity index (χ2n) is 3.85. The summed E-state index contributed by atoms with van der Waals surface area (Å²) in [7, 11) is 0. The van der Waals surface area contributed by atoms with Crippen LogP contribution in [0.25, 0.3) is 0 Å². The molecule has 0 aliphatic heterocycles. The first-order valence-electron chi connectivity index (χ1n) is 5.29. The molecule has 0 heterocycles. The Morgan fingerprint density at radius 2 is 1.50 bits per heavy atom. The van der Waals surface area contributed by atoms with E-state index in [9.17, 15) is 18.0 Å². The molecule has 0 fully saturated rings. The van der Waals surface area contributed by atoms with Gasteiger partial charge in [-0.15, -0.1) is 0 Å². The summed E-state index contributed by atoms with van der Waals surface area (Å²) >= 11 is 0. The zero-order valence-corrected chi connectivity index (χ0v) is 9.29. The van der Waals surface area contributed by atoms with Gasteiger partial charge in [0.15, 0.2) is 5.78 Å². The molecular weight excluding hydrogens is 241 g/mol. The van der Waals surface area contributed by atoms with E-state index >= 15 is 0 Å². The van der Waals surface area contributed by atoms with Crippen molar-refractivity contribution in [1.82, 2.24) is 0 Å². The largest absolute Gasteiger partial charge is 0.294 e. The number of ketones is 1. The maximum Gasteiger partial charge on any atom is 0.170 e. The van der Waals surface area contributed by atoms with Crippen LogP contribution >= 0.6 is 0 Å². The lowest BCUT2D eigenvalue weighted by molar-refractivity contribution is 0.0988. The average molecular weight is 250 g/mol. The zero-order valence-electron chi connectivity index (χ0n) is 9.29. The number of carbonyl (C=O) groups excluding carboxylic acids is 1. The number of carbonyl (C=O) groups is 1. The summed E-state index contributed by atoms with van der Waals surface area (Å²) in [5, 5.41) is 0. The molecule has 0 aliphatic rings. The van der Waals surface area contributed by atoms with Gasteiger partial charge in [0, 0.05) is 6.42 Å². The summed E-state index contributed by atoms with van der Waals surface area (Å²) in [5.74, 6) is -2.39. The van der Waals surface area contributed by atoms with E-state index < -0.39 is 23.2 Å². The summed E-state index contributed by atoms with van der Waals surface area (Å²) in [6.07, 6.45) is -0.0966. The van der Waals surface area contributed by atoms with Crippen molar-refractivity contribution in [3.05, 3.63) is 71.0 Å². The summed E-state index contributed by atoms with van der Waals surface area (Å²) in [6.45, 7) is 0. The lowest BCUT2D eigenvalue weighted by atomic mass is 10.0. The number of hydrogen-bond donors (Lipinski definition) is 0. The fourth-order valence-electron chi connectivity index (χ4n) is 1.59. The predicted octanol–water partition coefficient (Wildman–Crippen LogP) is 3.53. The molecule has 0 aliphatic carbocycles. The lowest BCUT2D eigenvalue weighted by Crippen LogP contribution is -2.06. The Morgan fingerprint density at radius 3 is 2.17 bits per heavy atom. The Hall–Kier alpha value is -2.10. The maximum absolute atomic E-state index is 13.3. The second-order valence-corrected chi connectivity index (χ2v) is 3.85. The molecule has 2 aromatic carbocycles. The highest BCUT2D eigenvalue weighted by Crippen LogP contribution is 2.13. The third-order valence-electron chi connectivity index (χ3n) is 2.51. The number of rotatable bonds is 3. The number of Topliss-reactive ketones (excluding diaryl/α,β-unsaturated/α-hetero) is 1. The predicted molar refractivity (Wildman–Crippen MR) is 60.8 cm³/mol. The number of hydrogen-bond acceptors (Lipinski definition) is 1. The van der Waals surface area contributed by atoms with Crippen LogP contribution in [0.1, 0.15) is 15.9 Å². The van der Waals surface area contributed by atoms with E-state index in [1.165, 1.54) is 24.3 Å². The quantitative estimate of drug-likeness (QED) is 0.761. The second kappa shape index (κ2) is 5.04. The van der Waals surface area contributed by atoms with Crippen LogP contribution in [0.2, 0.25) is 0 Å². The van der Waals surface area contributed by atoms with Crippen LogP contribution in [0.3, 0.4) is 0 Å². The zero-order chi connectivity index (χ0) is 13.1. The minimum atomic E-state index is -0.761. The van der Waals surface area contributed by atoms with E-state index in [2.05, 4.69) is 0 Å². The fraction of sp³-hybridized carbons (Fsp3) is 0.0714. The molecule has 1 nitrogen and oxygen atoms in total. The molecule has 0 radical (unpaired) electrons. The van der Waals surface area contributed by atoms with Gasteiger partial charge in [-0.25, -0.2) is 13.2 Å². The smallest absolute Gasteiger partial charge is 0.170 e. The van der Waals surface area contributed by atoms with Crippen LogP contribution in [0, 0.1) is 17.5 Å². The van der Waals surface area contributed by atoms with Gasteiger partial charge in [-0.3, -0.25) is 4.79 Å². The Kier molecular flexibility index (Phi) is 3.46. The molecule has 0 bridgehead atoms. The Morgan fingerprint density at radius 1 is 0.889 bits per heavy atom. The van der Waals surface area contributed by atoms with Gasteiger partial charge in [-0.05, 0) is 35.9 Å². The van der Waals surface area contributed by atoms with Crippen molar-refractivity contribution in [2.45, 2.75) is 6.42 Å². The van der Waals surface area contributed by atoms with E-state index in [1.54, 1.807) is 0 Å². The fourth-order valence-corrected chi connectivity index (χ4v) is 1.59. The van der Waals surface area contributed by atoms with Crippen molar-refractivity contribution in [3.8, 4) is 0 Å². The molecule has 0 N–H and O–H groups in total. The standard InChI is InChI=1S/C14H9F3O/c15-10-3-1-9(2-4-10)7-14(18)12-8-11(16)5-6-13(12)17/h1-6,8H,7H2. The molecule has 92 valence electrons. The van der Waals surface area contributed by atoms with Gasteiger partial charge >= 0.3 is 0 Å². The van der Waals surface area contributed by atoms with Gasteiger partial charge in [0.25, 0.3) is 0 Å². The van der Waals surface area contributed by atoms with Gasteiger partial charge in [0.1, 0.15) is 17.5 Å². The van der Waals surface area contributed by atoms with Crippen LogP contribution < -0.4 is 0 Å². The lowest BCUT2D eigenvalue weighted by Gasteiger charge is -2.03. The van der Waals surface area contributed by atoms with Crippen molar-refractivity contribution >= 4 is 5.78 Å². The first-order valence-corrected chi connectivity index (χ1v) is 5.29. The molecule has 0 spiro atoms. The van der Waals surface area contributed by atoms with Crippen LogP contribution in [0.5, 0.6) is 0 Å². The minimum Gasteiger partial charge on any atom is -0.294 e. The minimum absolute atomic E-state index is 0.0966. The molecule has 18 heavy (non-hydrogen) atoms. The van der Waals surface area contributed by atoms with E-state index in [-0.39, 0.29) is 12.0 Å². The van der Waals surface area contributed by atoms with E-state index in [0.717, 1.165) is 18.2 Å². The van der Waals surface area contributed by atoms with Crippen molar-refractivity contribution in [2.24, 2.45) is 0 Å². The highest BCUT2D eigenvalue weighted by molar-refractivity contribution is 5.97. The highest BCUT2D eigenvalue weighted by Gasteiger charge is 2.13. The molecule has 0 amide bonds. The molecule has 0 aromatic heterocycles. The van der Waals surface area contributed by atoms with Crippen molar-refractivity contribution in [2.75, 3.05) is 0 Å².